The summed E-state index contributed by atoms with van der Waals surface area (Å²) in [7, 11) is 4.44. The molecule has 3 amide bonds. The van der Waals surface area contributed by atoms with Crippen molar-refractivity contribution in [1.29, 1.82) is 0 Å². The molecule has 220 valence electrons. The van der Waals surface area contributed by atoms with Crippen LogP contribution in [0.3, 0.4) is 0 Å². The first-order valence-corrected chi connectivity index (χ1v) is 13.2. The predicted octanol–water partition coefficient (Wildman–Crippen LogP) is 2.55. The molecule has 3 rings (SSSR count). The van der Waals surface area contributed by atoms with Crippen LogP contribution in [0.15, 0.2) is 35.3 Å². The summed E-state index contributed by atoms with van der Waals surface area (Å²) in [5.41, 5.74) is 1.68. The largest absolute Gasteiger partial charge is 0.453 e. The second kappa shape index (κ2) is 13.2. The Labute approximate surface area is 238 Å². The molecular formula is C28H38N8O5. The Hall–Kier alpha value is -4.55. The van der Waals surface area contributed by atoms with Crippen molar-refractivity contribution in [1.82, 2.24) is 34.7 Å². The molecule has 0 aliphatic carbocycles. The number of allylic oxidation sites excluding steroid dienone is 1. The molecule has 0 aliphatic rings. The molecule has 0 radical (unpaired) electrons. The Bertz CT molecular complexity index is 1500. The van der Waals surface area contributed by atoms with Crippen molar-refractivity contribution in [3.63, 3.8) is 0 Å². The van der Waals surface area contributed by atoms with Crippen LogP contribution in [0.5, 0.6) is 0 Å². The minimum atomic E-state index is -1.01. The average molecular weight is 567 g/mol. The smallest absolute Gasteiger partial charge is 0.407 e. The number of nitrogens with one attached hydrogen (secondary N) is 3. The van der Waals surface area contributed by atoms with Crippen molar-refractivity contribution in [2.24, 2.45) is 5.41 Å². The topological polar surface area (TPSA) is 164 Å². The van der Waals surface area contributed by atoms with Gasteiger partial charge in [-0.1, -0.05) is 26.8 Å². The number of fused-ring (bicyclic) bond motifs is 1. The Kier molecular flexibility index (Phi) is 9.98. The number of carbonyl (C=O) groups is 3. The van der Waals surface area contributed by atoms with Crippen LogP contribution in [-0.4, -0.2) is 74.6 Å². The lowest BCUT2D eigenvalue weighted by atomic mass is 9.90. The van der Waals surface area contributed by atoms with Crippen LogP contribution in [0.4, 0.5) is 10.5 Å². The van der Waals surface area contributed by atoms with Crippen molar-refractivity contribution >= 4 is 34.8 Å². The van der Waals surface area contributed by atoms with E-state index >= 15 is 0 Å². The monoisotopic (exact) mass is 566 g/mol. The van der Waals surface area contributed by atoms with Crippen molar-refractivity contribution in [3.05, 3.63) is 58.2 Å². The van der Waals surface area contributed by atoms with Crippen molar-refractivity contribution in [3.8, 4) is 0 Å². The van der Waals surface area contributed by atoms with Gasteiger partial charge in [-0.2, -0.15) is 0 Å². The summed E-state index contributed by atoms with van der Waals surface area (Å²) in [6, 6.07) is 2.11. The third kappa shape index (κ3) is 8.72. The molecule has 3 aromatic rings. The summed E-state index contributed by atoms with van der Waals surface area (Å²) < 4.78 is 6.05. The lowest BCUT2D eigenvalue weighted by Gasteiger charge is -2.17. The van der Waals surface area contributed by atoms with Crippen molar-refractivity contribution < 1.29 is 19.1 Å². The molecule has 13 nitrogen and oxygen atoms in total. The molecule has 3 heterocycles. The van der Waals surface area contributed by atoms with E-state index in [-0.39, 0.29) is 30.0 Å². The summed E-state index contributed by atoms with van der Waals surface area (Å²) in [5, 5.41) is 5.08. The van der Waals surface area contributed by atoms with E-state index in [1.807, 2.05) is 6.92 Å². The first-order chi connectivity index (χ1) is 19.3. The number of carbonyl (C=O) groups excluding carboxylic acids is 3. The van der Waals surface area contributed by atoms with Crippen LogP contribution in [0.2, 0.25) is 0 Å². The van der Waals surface area contributed by atoms with Gasteiger partial charge in [0.05, 0.1) is 19.3 Å². The maximum absolute atomic E-state index is 13.2. The number of aromatic amines is 1. The maximum atomic E-state index is 13.2. The number of hydrogen-bond acceptors (Lipinski definition) is 8. The second-order valence-corrected chi connectivity index (χ2v) is 11.1. The number of nitrogens with zero attached hydrogens (tertiary/aromatic N) is 5. The van der Waals surface area contributed by atoms with Gasteiger partial charge in [0.1, 0.15) is 28.9 Å². The second-order valence-electron chi connectivity index (χ2n) is 11.1. The van der Waals surface area contributed by atoms with Gasteiger partial charge >= 0.3 is 6.09 Å². The highest BCUT2D eigenvalue weighted by Crippen LogP contribution is 2.24. The number of ether oxygens (including phenoxy) is 1. The quantitative estimate of drug-likeness (QED) is 0.315. The van der Waals surface area contributed by atoms with Crippen LogP contribution >= 0.6 is 0 Å². The Morgan fingerprint density at radius 2 is 1.93 bits per heavy atom. The van der Waals surface area contributed by atoms with Crippen LogP contribution < -0.4 is 16.2 Å². The SMILES string of the molecule is COC(=O)N[C@@H](CC/C=C/C(=O)N(C)C)C(=O)Nc1cccn(Cc2nc3c(CC(C)(C)C)nc(C)nc3[nH]2)c1=O. The summed E-state index contributed by atoms with van der Waals surface area (Å²) in [5.74, 6) is 0.349. The third-order valence-corrected chi connectivity index (χ3v) is 5.99. The molecule has 13 heteroatoms. The normalized spacial score (nSPS) is 12.4. The van der Waals surface area contributed by atoms with Gasteiger partial charge in [-0.15, -0.1) is 0 Å². The fraction of sp³-hybridized carbons (Fsp3) is 0.464. The van der Waals surface area contributed by atoms with Crippen LogP contribution in [0.25, 0.3) is 11.2 Å². The molecule has 0 unspecified atom stereocenters. The van der Waals surface area contributed by atoms with Crippen molar-refractivity contribution in [2.75, 3.05) is 26.5 Å². The number of likely N-dealkylation sites (N-methyl/N-ethyl adjacent to an activating group) is 1. The molecule has 41 heavy (non-hydrogen) atoms. The molecule has 3 N–H and O–H groups in total. The summed E-state index contributed by atoms with van der Waals surface area (Å²) in [6.07, 6.45) is 5.01. The van der Waals surface area contributed by atoms with Crippen LogP contribution in [0.1, 0.15) is 51.0 Å². The molecule has 0 saturated carbocycles. The Balaban J connectivity index is 1.79. The summed E-state index contributed by atoms with van der Waals surface area (Å²) in [4.78, 5) is 68.2. The van der Waals surface area contributed by atoms with E-state index in [1.165, 1.54) is 28.7 Å². The average Bonchev–Trinajstić information content (AvgIpc) is 3.29. The Morgan fingerprint density at radius 1 is 1.20 bits per heavy atom. The fourth-order valence-electron chi connectivity index (χ4n) is 4.03. The molecule has 0 bridgehead atoms. The van der Waals surface area contributed by atoms with Crippen LogP contribution in [0, 0.1) is 12.3 Å². The predicted molar refractivity (Wildman–Crippen MR) is 154 cm³/mol. The molecule has 0 saturated heterocycles. The highest BCUT2D eigenvalue weighted by atomic mass is 16.5. The van der Waals surface area contributed by atoms with Gasteiger partial charge < -0.3 is 29.8 Å². The van der Waals surface area contributed by atoms with Gasteiger partial charge in [0.25, 0.3) is 5.56 Å². The van der Waals surface area contributed by atoms with Gasteiger partial charge in [-0.05, 0) is 49.8 Å². The zero-order valence-electron chi connectivity index (χ0n) is 24.6. The zero-order chi connectivity index (χ0) is 30.3. The zero-order valence-corrected chi connectivity index (χ0v) is 24.6. The summed E-state index contributed by atoms with van der Waals surface area (Å²) >= 11 is 0. The number of anilines is 1. The van der Waals surface area contributed by atoms with E-state index in [0.29, 0.717) is 35.7 Å². The van der Waals surface area contributed by atoms with Crippen LogP contribution in [-0.2, 0) is 27.3 Å². The number of H-pyrrole nitrogens is 1. The van der Waals surface area contributed by atoms with E-state index in [9.17, 15) is 19.2 Å². The van der Waals surface area contributed by atoms with Gasteiger partial charge in [0, 0.05) is 20.3 Å². The number of amides is 3. The van der Waals surface area contributed by atoms with Gasteiger partial charge in [0.2, 0.25) is 11.8 Å². The van der Waals surface area contributed by atoms with Gasteiger partial charge in [0.15, 0.2) is 5.65 Å². The number of pyridine rings is 1. The highest BCUT2D eigenvalue weighted by molar-refractivity contribution is 5.96. The highest BCUT2D eigenvalue weighted by Gasteiger charge is 2.22. The van der Waals surface area contributed by atoms with E-state index in [0.717, 1.165) is 5.69 Å². The van der Waals surface area contributed by atoms with Gasteiger partial charge in [-0.3, -0.25) is 14.4 Å². The lowest BCUT2D eigenvalue weighted by molar-refractivity contribution is -0.123. The third-order valence-electron chi connectivity index (χ3n) is 5.99. The standard InChI is InChI=1S/C28H38N8O5/c1-17-29-20(15-28(2,3)4)23-24(30-17)34-21(33-23)16-36-14-10-12-19(26(36)39)31-25(38)18(32-27(40)41-7)11-8-9-13-22(37)35(5)6/h9-10,12-14,18H,8,11,15-16H2,1-7H3,(H,31,38)(H,32,40)(H,29,30,33,34)/b13-9+/t18-/m0/s1. The number of alkyl carbamates (subject to hydrolysis) is 1. The maximum Gasteiger partial charge on any atom is 0.407 e. The van der Waals surface area contributed by atoms with Crippen molar-refractivity contribution in [2.45, 2.75) is 59.5 Å². The Morgan fingerprint density at radius 3 is 2.59 bits per heavy atom. The number of aromatic nitrogens is 5. The molecule has 0 aromatic carbocycles. The fourth-order valence-corrected chi connectivity index (χ4v) is 4.03. The molecule has 0 aliphatic heterocycles. The minimum absolute atomic E-state index is 0.00314. The molecule has 3 aromatic heterocycles. The molecular weight excluding hydrogens is 528 g/mol. The number of rotatable bonds is 10. The molecule has 0 fully saturated rings. The van der Waals surface area contributed by atoms with E-state index < -0.39 is 23.6 Å². The van der Waals surface area contributed by atoms with Gasteiger partial charge in [-0.25, -0.2) is 19.7 Å². The first kappa shape index (κ1) is 31.0. The number of aryl methyl sites for hydroxylation is 1. The number of hydrogen-bond donors (Lipinski definition) is 3. The van der Waals surface area contributed by atoms with E-state index in [1.54, 1.807) is 32.4 Å². The first-order valence-electron chi connectivity index (χ1n) is 13.2. The minimum Gasteiger partial charge on any atom is -0.453 e. The molecule has 0 spiro atoms. The number of methoxy groups -OCH3 is 1. The lowest BCUT2D eigenvalue weighted by Crippen LogP contribution is -2.44. The number of imidazole rings is 1. The molecule has 1 atom stereocenters. The van der Waals surface area contributed by atoms with E-state index in [4.69, 9.17) is 0 Å². The van der Waals surface area contributed by atoms with E-state index in [2.05, 4.69) is 56.1 Å². The summed E-state index contributed by atoms with van der Waals surface area (Å²) in [6.45, 7) is 8.30.